The second kappa shape index (κ2) is 4.13. The first-order valence-electron chi connectivity index (χ1n) is 5.37. The lowest BCUT2D eigenvalue weighted by Crippen LogP contribution is -2.48. The Labute approximate surface area is 94.4 Å². The van der Waals surface area contributed by atoms with Crippen LogP contribution in [-0.2, 0) is 18.4 Å². The zero-order valence-electron chi connectivity index (χ0n) is 9.66. The second-order valence-electron chi connectivity index (χ2n) is 3.99. The number of aryl methyl sites for hydroxylation is 2. The molecule has 0 spiro atoms. The fourth-order valence-corrected chi connectivity index (χ4v) is 2.14. The van der Waals surface area contributed by atoms with Crippen molar-refractivity contribution in [3.63, 3.8) is 0 Å². The number of hydrogen-bond donors (Lipinski definition) is 2. The first-order chi connectivity index (χ1) is 7.63. The number of anilines is 1. The van der Waals surface area contributed by atoms with Gasteiger partial charge in [-0.2, -0.15) is 5.10 Å². The van der Waals surface area contributed by atoms with Crippen molar-refractivity contribution < 1.29 is 4.79 Å². The van der Waals surface area contributed by atoms with Crippen LogP contribution < -0.4 is 16.0 Å². The van der Waals surface area contributed by atoms with E-state index in [2.05, 4.69) is 10.4 Å². The lowest BCUT2D eigenvalue weighted by Gasteiger charge is -2.29. The summed E-state index contributed by atoms with van der Waals surface area (Å²) in [4.78, 5) is 13.4. The van der Waals surface area contributed by atoms with Gasteiger partial charge in [-0.3, -0.25) is 9.48 Å². The second-order valence-corrected chi connectivity index (χ2v) is 3.99. The van der Waals surface area contributed by atoms with Gasteiger partial charge in [0.1, 0.15) is 5.82 Å². The molecule has 16 heavy (non-hydrogen) atoms. The van der Waals surface area contributed by atoms with Crippen LogP contribution in [0.3, 0.4) is 0 Å². The number of carbonyl (C=O) groups excluding carboxylic acids is 1. The molecule has 1 aromatic rings. The Balaban J connectivity index is 2.34. The Hall–Kier alpha value is -1.56. The molecule has 3 N–H and O–H groups in total. The van der Waals surface area contributed by atoms with Gasteiger partial charge in [0.15, 0.2) is 0 Å². The van der Waals surface area contributed by atoms with E-state index >= 15 is 0 Å². The third-order valence-corrected chi connectivity index (χ3v) is 2.86. The van der Waals surface area contributed by atoms with E-state index in [4.69, 9.17) is 5.73 Å². The maximum absolute atomic E-state index is 11.4. The Morgan fingerprint density at radius 3 is 2.94 bits per heavy atom. The van der Waals surface area contributed by atoms with Crippen LogP contribution in [0.2, 0.25) is 0 Å². The third kappa shape index (κ3) is 1.76. The minimum Gasteiger partial charge on any atom is -0.353 e. The van der Waals surface area contributed by atoms with E-state index in [1.807, 2.05) is 18.9 Å². The van der Waals surface area contributed by atoms with Crippen LogP contribution in [0, 0.1) is 6.92 Å². The van der Waals surface area contributed by atoms with Crippen LogP contribution in [0.1, 0.15) is 11.3 Å². The fourth-order valence-electron chi connectivity index (χ4n) is 2.14. The summed E-state index contributed by atoms with van der Waals surface area (Å²) in [6.07, 6.45) is 0. The Morgan fingerprint density at radius 2 is 2.31 bits per heavy atom. The first-order valence-corrected chi connectivity index (χ1v) is 5.37. The molecule has 1 fully saturated rings. The van der Waals surface area contributed by atoms with Crippen molar-refractivity contribution in [2.75, 3.05) is 24.5 Å². The molecule has 1 aromatic heterocycles. The van der Waals surface area contributed by atoms with E-state index < -0.39 is 0 Å². The summed E-state index contributed by atoms with van der Waals surface area (Å²) >= 11 is 0. The molecule has 2 heterocycles. The predicted octanol–water partition coefficient (Wildman–Crippen LogP) is -0.877. The molecule has 88 valence electrons. The molecule has 1 saturated heterocycles. The summed E-state index contributed by atoms with van der Waals surface area (Å²) in [6.45, 7) is 4.25. The maximum Gasteiger partial charge on any atom is 0.239 e. The standard InChI is InChI=1S/C10H17N5O/c1-7-8(5-11)10(14(2)13-7)15-4-3-12-9(16)6-15/h3-6,11H2,1-2H3,(H,12,16). The van der Waals surface area contributed by atoms with Crippen molar-refractivity contribution in [2.45, 2.75) is 13.5 Å². The monoisotopic (exact) mass is 223 g/mol. The highest BCUT2D eigenvalue weighted by molar-refractivity contribution is 5.82. The van der Waals surface area contributed by atoms with Gasteiger partial charge >= 0.3 is 0 Å². The molecule has 0 atom stereocenters. The topological polar surface area (TPSA) is 76.2 Å². The SMILES string of the molecule is Cc1nn(C)c(N2CCNC(=O)C2)c1CN. The summed E-state index contributed by atoms with van der Waals surface area (Å²) < 4.78 is 1.80. The van der Waals surface area contributed by atoms with Crippen LogP contribution in [-0.4, -0.2) is 35.3 Å². The summed E-state index contributed by atoms with van der Waals surface area (Å²) in [5.74, 6) is 1.02. The van der Waals surface area contributed by atoms with Gasteiger partial charge < -0.3 is 16.0 Å². The highest BCUT2D eigenvalue weighted by Crippen LogP contribution is 2.22. The molecule has 0 unspecified atom stereocenters. The number of nitrogens with one attached hydrogen (secondary N) is 1. The van der Waals surface area contributed by atoms with Crippen LogP contribution in [0.25, 0.3) is 0 Å². The van der Waals surface area contributed by atoms with Crippen LogP contribution >= 0.6 is 0 Å². The Bertz CT molecular complexity index is 412. The molecule has 1 aliphatic rings. The lowest BCUT2D eigenvalue weighted by molar-refractivity contribution is -0.120. The van der Waals surface area contributed by atoms with Gasteiger partial charge in [0.2, 0.25) is 5.91 Å². The number of carbonyl (C=O) groups is 1. The summed E-state index contributed by atoms with van der Waals surface area (Å²) in [5.41, 5.74) is 7.69. The van der Waals surface area contributed by atoms with Gasteiger partial charge in [-0.25, -0.2) is 0 Å². The molecule has 1 aliphatic heterocycles. The van der Waals surface area contributed by atoms with Crippen molar-refractivity contribution in [3.05, 3.63) is 11.3 Å². The number of amides is 1. The lowest BCUT2D eigenvalue weighted by atomic mass is 10.2. The largest absolute Gasteiger partial charge is 0.353 e. The van der Waals surface area contributed by atoms with Crippen molar-refractivity contribution in [3.8, 4) is 0 Å². The van der Waals surface area contributed by atoms with E-state index in [1.54, 1.807) is 4.68 Å². The number of hydrogen-bond acceptors (Lipinski definition) is 4. The maximum atomic E-state index is 11.4. The minimum atomic E-state index is 0.0491. The van der Waals surface area contributed by atoms with Crippen molar-refractivity contribution >= 4 is 11.7 Å². The molecule has 1 amide bonds. The smallest absolute Gasteiger partial charge is 0.239 e. The first kappa shape index (κ1) is 10.9. The van der Waals surface area contributed by atoms with E-state index in [0.717, 1.165) is 23.6 Å². The van der Waals surface area contributed by atoms with Gasteiger partial charge in [-0.05, 0) is 6.92 Å². The van der Waals surface area contributed by atoms with E-state index in [0.29, 0.717) is 19.6 Å². The van der Waals surface area contributed by atoms with Crippen molar-refractivity contribution in [2.24, 2.45) is 12.8 Å². The van der Waals surface area contributed by atoms with Gasteiger partial charge in [-0.1, -0.05) is 0 Å². The molecule has 2 rings (SSSR count). The molecular weight excluding hydrogens is 206 g/mol. The number of rotatable bonds is 2. The molecule has 0 aromatic carbocycles. The predicted molar refractivity (Wildman–Crippen MR) is 61.1 cm³/mol. The van der Waals surface area contributed by atoms with Crippen molar-refractivity contribution in [1.82, 2.24) is 15.1 Å². The zero-order chi connectivity index (χ0) is 11.7. The third-order valence-electron chi connectivity index (χ3n) is 2.86. The van der Waals surface area contributed by atoms with Crippen LogP contribution in [0.15, 0.2) is 0 Å². The number of aromatic nitrogens is 2. The summed E-state index contributed by atoms with van der Waals surface area (Å²) in [6, 6.07) is 0. The van der Waals surface area contributed by atoms with Crippen LogP contribution in [0.4, 0.5) is 5.82 Å². The molecule has 6 heteroatoms. The average Bonchev–Trinajstić information content (AvgIpc) is 2.52. The summed E-state index contributed by atoms with van der Waals surface area (Å²) in [5, 5.41) is 7.15. The number of nitrogens with two attached hydrogens (primary N) is 1. The quantitative estimate of drug-likeness (QED) is 0.683. The van der Waals surface area contributed by atoms with Crippen LogP contribution in [0.5, 0.6) is 0 Å². The molecule has 6 nitrogen and oxygen atoms in total. The van der Waals surface area contributed by atoms with E-state index in [1.165, 1.54) is 0 Å². The van der Waals surface area contributed by atoms with Gasteiger partial charge in [0.05, 0.1) is 12.2 Å². The van der Waals surface area contributed by atoms with E-state index in [9.17, 15) is 4.79 Å². The summed E-state index contributed by atoms with van der Waals surface area (Å²) in [7, 11) is 1.88. The molecule has 0 bridgehead atoms. The zero-order valence-corrected chi connectivity index (χ0v) is 9.66. The van der Waals surface area contributed by atoms with E-state index in [-0.39, 0.29) is 5.91 Å². The number of nitrogens with zero attached hydrogens (tertiary/aromatic N) is 3. The van der Waals surface area contributed by atoms with Crippen molar-refractivity contribution in [1.29, 1.82) is 0 Å². The molecule has 0 aliphatic carbocycles. The Morgan fingerprint density at radius 1 is 1.56 bits per heavy atom. The average molecular weight is 223 g/mol. The normalized spacial score (nSPS) is 16.4. The number of piperazine rings is 1. The fraction of sp³-hybridized carbons (Fsp3) is 0.600. The van der Waals surface area contributed by atoms with Gasteiger partial charge in [0.25, 0.3) is 0 Å². The molecule has 0 radical (unpaired) electrons. The minimum absolute atomic E-state index is 0.0491. The highest BCUT2D eigenvalue weighted by Gasteiger charge is 2.23. The molecular formula is C10H17N5O. The highest BCUT2D eigenvalue weighted by atomic mass is 16.2. The van der Waals surface area contributed by atoms with Gasteiger partial charge in [0, 0.05) is 32.2 Å². The van der Waals surface area contributed by atoms with Gasteiger partial charge in [-0.15, -0.1) is 0 Å². The Kier molecular flexibility index (Phi) is 2.82. The molecule has 0 saturated carbocycles.